The van der Waals surface area contributed by atoms with Crippen LogP contribution in [0.4, 0.5) is 4.39 Å². The van der Waals surface area contributed by atoms with Gasteiger partial charge in [-0.25, -0.2) is 31.3 Å². The molecule has 3 N–H and O–H groups in total. The molecule has 0 aliphatic heterocycles. The standard InChI is InChI=1S/C23H27FN4O7S3/c1-28(9-10-35-2)23(30)16-6-4-14(12-17(16)24)15-5-7-18-19(13-15)36-22(27-18)20(37(3,31)32)21(29)26-8-11-38(25,33)34/h4-7,12-13,20H,8-11H2,1-3H3,(H,26,29)(H2,25,33,34). The Bertz CT molecular complexity index is 1570. The number of carbonyl (C=O) groups is 2. The highest BCUT2D eigenvalue weighted by Crippen LogP contribution is 2.34. The van der Waals surface area contributed by atoms with E-state index >= 15 is 0 Å². The Hall–Kier alpha value is -2.98. The predicted octanol–water partition coefficient (Wildman–Crippen LogP) is 1.31. The third-order valence-electron chi connectivity index (χ3n) is 5.49. The van der Waals surface area contributed by atoms with Crippen molar-refractivity contribution in [2.75, 3.05) is 45.9 Å². The van der Waals surface area contributed by atoms with Crippen molar-refractivity contribution in [2.24, 2.45) is 5.14 Å². The van der Waals surface area contributed by atoms with Crippen molar-refractivity contribution in [1.82, 2.24) is 15.2 Å². The van der Waals surface area contributed by atoms with Gasteiger partial charge >= 0.3 is 0 Å². The topological polar surface area (TPSA) is 166 Å². The number of hydrogen-bond donors (Lipinski definition) is 2. The van der Waals surface area contributed by atoms with E-state index in [0.29, 0.717) is 34.5 Å². The first-order valence-corrected chi connectivity index (χ1v) is 15.6. The van der Waals surface area contributed by atoms with Gasteiger partial charge in [-0.2, -0.15) is 0 Å². The Balaban J connectivity index is 1.89. The summed E-state index contributed by atoms with van der Waals surface area (Å²) < 4.78 is 67.4. The second kappa shape index (κ2) is 11.8. The van der Waals surface area contributed by atoms with Gasteiger partial charge in [-0.15, -0.1) is 11.3 Å². The maximum atomic E-state index is 14.8. The summed E-state index contributed by atoms with van der Waals surface area (Å²) in [5, 5.41) is 5.54. The van der Waals surface area contributed by atoms with Crippen LogP contribution in [0.1, 0.15) is 20.6 Å². The molecular weight excluding hydrogens is 559 g/mol. The van der Waals surface area contributed by atoms with Crippen molar-refractivity contribution >= 4 is 53.2 Å². The number of nitrogens with one attached hydrogen (secondary N) is 1. The lowest BCUT2D eigenvalue weighted by atomic mass is 10.0. The van der Waals surface area contributed by atoms with Gasteiger partial charge in [0.15, 0.2) is 15.1 Å². The number of sulfonamides is 1. The van der Waals surface area contributed by atoms with E-state index in [1.807, 2.05) is 0 Å². The molecule has 0 saturated carbocycles. The second-order valence-corrected chi connectivity index (χ2v) is 13.4. The number of aromatic nitrogens is 1. The van der Waals surface area contributed by atoms with Crippen LogP contribution >= 0.6 is 11.3 Å². The van der Waals surface area contributed by atoms with Crippen LogP contribution in [0.3, 0.4) is 0 Å². The molecule has 0 radical (unpaired) electrons. The van der Waals surface area contributed by atoms with E-state index in [2.05, 4.69) is 10.3 Å². The number of methoxy groups -OCH3 is 1. The van der Waals surface area contributed by atoms with Gasteiger partial charge in [0.05, 0.1) is 28.1 Å². The van der Waals surface area contributed by atoms with E-state index < -0.39 is 48.5 Å². The highest BCUT2D eigenvalue weighted by atomic mass is 32.2. The number of hydrogen-bond acceptors (Lipinski definition) is 9. The predicted molar refractivity (Wildman–Crippen MR) is 142 cm³/mol. The van der Waals surface area contributed by atoms with Gasteiger partial charge in [-0.1, -0.05) is 12.1 Å². The smallest absolute Gasteiger partial charge is 0.256 e. The Kier molecular flexibility index (Phi) is 9.20. The monoisotopic (exact) mass is 586 g/mol. The summed E-state index contributed by atoms with van der Waals surface area (Å²) in [5.74, 6) is -2.66. The van der Waals surface area contributed by atoms with E-state index in [1.165, 1.54) is 24.1 Å². The van der Waals surface area contributed by atoms with Crippen LogP contribution in [0.25, 0.3) is 21.3 Å². The van der Waals surface area contributed by atoms with E-state index in [-0.39, 0.29) is 17.1 Å². The van der Waals surface area contributed by atoms with Gasteiger partial charge in [0.1, 0.15) is 10.8 Å². The molecule has 1 atom stereocenters. The second-order valence-electron chi connectivity index (χ2n) is 8.52. The molecule has 38 heavy (non-hydrogen) atoms. The Morgan fingerprint density at radius 2 is 1.82 bits per heavy atom. The maximum Gasteiger partial charge on any atom is 0.256 e. The number of thiazole rings is 1. The first kappa shape index (κ1) is 29.6. The summed E-state index contributed by atoms with van der Waals surface area (Å²) in [6.07, 6.45) is 0.882. The van der Waals surface area contributed by atoms with Crippen LogP contribution in [0.2, 0.25) is 0 Å². The number of likely N-dealkylation sites (N-methyl/N-ethyl adjacent to an activating group) is 1. The fraction of sp³-hybridized carbons (Fsp3) is 0.348. The SMILES string of the molecule is COCCN(C)C(=O)c1ccc(-c2ccc3nc(C(C(=O)NCCS(N)(=O)=O)S(C)(=O)=O)sc3c2)cc1F. The average Bonchev–Trinajstić information content (AvgIpc) is 3.22. The lowest BCUT2D eigenvalue weighted by Crippen LogP contribution is -2.37. The van der Waals surface area contributed by atoms with Gasteiger partial charge in [0.25, 0.3) is 5.91 Å². The summed E-state index contributed by atoms with van der Waals surface area (Å²) in [7, 11) is -4.75. The minimum absolute atomic E-state index is 0.000947. The first-order chi connectivity index (χ1) is 17.7. The number of halogens is 1. The molecule has 0 saturated heterocycles. The number of primary sulfonamides is 1. The number of fused-ring (bicyclic) bond motifs is 1. The van der Waals surface area contributed by atoms with Crippen LogP contribution < -0.4 is 10.5 Å². The number of nitrogens with zero attached hydrogens (tertiary/aromatic N) is 2. The van der Waals surface area contributed by atoms with Crippen LogP contribution in [-0.4, -0.2) is 84.4 Å². The minimum atomic E-state index is -3.96. The van der Waals surface area contributed by atoms with E-state index in [9.17, 15) is 30.8 Å². The molecule has 2 amide bonds. The molecule has 0 bridgehead atoms. The van der Waals surface area contributed by atoms with Gasteiger partial charge in [-0.05, 0) is 35.4 Å². The largest absolute Gasteiger partial charge is 0.383 e. The van der Waals surface area contributed by atoms with Crippen molar-refractivity contribution in [1.29, 1.82) is 0 Å². The summed E-state index contributed by atoms with van der Waals surface area (Å²) in [6, 6.07) is 9.17. The zero-order chi connectivity index (χ0) is 28.3. The van der Waals surface area contributed by atoms with Crippen LogP contribution in [0.5, 0.6) is 0 Å². The van der Waals surface area contributed by atoms with Crippen LogP contribution in [-0.2, 0) is 29.4 Å². The lowest BCUT2D eigenvalue weighted by Gasteiger charge is -2.17. The Morgan fingerprint density at radius 1 is 1.16 bits per heavy atom. The molecule has 0 aliphatic carbocycles. The molecule has 0 fully saturated rings. The molecule has 1 heterocycles. The minimum Gasteiger partial charge on any atom is -0.383 e. The fourth-order valence-corrected chi connectivity index (χ4v) is 6.47. The van der Waals surface area contributed by atoms with E-state index in [4.69, 9.17) is 9.88 Å². The summed E-state index contributed by atoms with van der Waals surface area (Å²) in [6.45, 7) is 0.265. The third kappa shape index (κ3) is 7.32. The van der Waals surface area contributed by atoms with E-state index in [1.54, 1.807) is 31.3 Å². The Labute approximate surface area is 223 Å². The average molecular weight is 587 g/mol. The number of carbonyl (C=O) groups excluding carboxylic acids is 2. The molecule has 206 valence electrons. The Morgan fingerprint density at radius 3 is 2.42 bits per heavy atom. The summed E-state index contributed by atoms with van der Waals surface area (Å²) in [5.41, 5.74) is 1.41. The summed E-state index contributed by atoms with van der Waals surface area (Å²) >= 11 is 0.972. The first-order valence-electron chi connectivity index (χ1n) is 11.1. The number of benzene rings is 2. The molecule has 1 aromatic heterocycles. The highest BCUT2D eigenvalue weighted by molar-refractivity contribution is 7.91. The molecule has 15 heteroatoms. The van der Waals surface area contributed by atoms with Crippen LogP contribution in [0, 0.1) is 5.82 Å². The molecule has 2 aromatic carbocycles. The highest BCUT2D eigenvalue weighted by Gasteiger charge is 2.34. The molecule has 0 aliphatic rings. The zero-order valence-corrected chi connectivity index (χ0v) is 23.3. The van der Waals surface area contributed by atoms with Gasteiger partial charge in [-0.3, -0.25) is 9.59 Å². The number of ether oxygens (including phenoxy) is 1. The van der Waals surface area contributed by atoms with Gasteiger partial charge < -0.3 is 15.0 Å². The number of nitrogens with two attached hydrogens (primary N) is 1. The third-order valence-corrected chi connectivity index (χ3v) is 8.79. The van der Waals surface area contributed by atoms with Gasteiger partial charge in [0, 0.05) is 33.5 Å². The zero-order valence-electron chi connectivity index (χ0n) is 20.8. The van der Waals surface area contributed by atoms with Crippen molar-refractivity contribution in [3.63, 3.8) is 0 Å². The van der Waals surface area contributed by atoms with Crippen LogP contribution in [0.15, 0.2) is 36.4 Å². The van der Waals surface area contributed by atoms with Crippen molar-refractivity contribution in [3.05, 3.63) is 52.8 Å². The normalized spacial score (nSPS) is 12.9. The van der Waals surface area contributed by atoms with Crippen molar-refractivity contribution in [2.45, 2.75) is 5.25 Å². The molecule has 0 spiro atoms. The summed E-state index contributed by atoms with van der Waals surface area (Å²) in [4.78, 5) is 30.8. The molecule has 11 nitrogen and oxygen atoms in total. The molecular formula is C23H27FN4O7S3. The molecule has 3 rings (SSSR count). The van der Waals surface area contributed by atoms with Gasteiger partial charge in [0.2, 0.25) is 15.9 Å². The molecule has 1 unspecified atom stereocenters. The fourth-order valence-electron chi connectivity index (χ4n) is 3.54. The quantitative estimate of drug-likeness (QED) is 0.339. The number of sulfone groups is 1. The number of rotatable bonds is 11. The maximum absolute atomic E-state index is 14.8. The van der Waals surface area contributed by atoms with Crippen molar-refractivity contribution < 1.29 is 35.6 Å². The molecule has 3 aromatic rings. The lowest BCUT2D eigenvalue weighted by molar-refractivity contribution is -0.120. The van der Waals surface area contributed by atoms with E-state index in [0.717, 1.165) is 17.6 Å². The number of amides is 2. The van der Waals surface area contributed by atoms with Crippen molar-refractivity contribution in [3.8, 4) is 11.1 Å².